The number of nitrogens with zero attached hydrogens (tertiary/aromatic N) is 2. The van der Waals surface area contributed by atoms with Gasteiger partial charge in [0.1, 0.15) is 0 Å². The molecule has 1 aliphatic rings. The van der Waals surface area contributed by atoms with Crippen molar-refractivity contribution in [3.63, 3.8) is 0 Å². The lowest BCUT2D eigenvalue weighted by Crippen LogP contribution is -2.30. The van der Waals surface area contributed by atoms with Crippen molar-refractivity contribution in [3.8, 4) is 0 Å². The molecule has 0 radical (unpaired) electrons. The van der Waals surface area contributed by atoms with Crippen LogP contribution in [0.3, 0.4) is 0 Å². The van der Waals surface area contributed by atoms with Gasteiger partial charge in [0.15, 0.2) is 0 Å². The van der Waals surface area contributed by atoms with E-state index in [-0.39, 0.29) is 12.0 Å². The van der Waals surface area contributed by atoms with Crippen molar-refractivity contribution in [1.82, 2.24) is 15.1 Å². The van der Waals surface area contributed by atoms with Gasteiger partial charge in [-0.3, -0.25) is 9.48 Å². The van der Waals surface area contributed by atoms with Crippen LogP contribution in [0.2, 0.25) is 0 Å². The molecule has 0 aliphatic carbocycles. The molecule has 0 saturated carbocycles. The number of carbonyl (C=O) groups is 1. The number of hydrogen-bond acceptors (Lipinski definition) is 4. The summed E-state index contributed by atoms with van der Waals surface area (Å²) in [6.45, 7) is 7.42. The Balaban J connectivity index is 1.70. The van der Waals surface area contributed by atoms with Crippen LogP contribution in [0.1, 0.15) is 45.4 Å². The molecule has 2 aromatic rings. The summed E-state index contributed by atoms with van der Waals surface area (Å²) in [5.41, 5.74) is 5.14. The maximum atomic E-state index is 12.3. The molecule has 0 spiro atoms. The third-order valence-electron chi connectivity index (χ3n) is 4.69. The number of amides is 1. The second-order valence-corrected chi connectivity index (χ2v) is 6.97. The van der Waals surface area contributed by atoms with E-state index in [9.17, 15) is 4.79 Å². The average molecular weight is 333 g/mol. The van der Waals surface area contributed by atoms with Crippen LogP contribution in [0.5, 0.6) is 0 Å². The lowest BCUT2D eigenvalue weighted by molar-refractivity contribution is 0.0840. The van der Waals surface area contributed by atoms with Crippen LogP contribution in [0.4, 0.5) is 0 Å². The van der Waals surface area contributed by atoms with E-state index in [1.165, 1.54) is 5.56 Å². The number of rotatable bonds is 4. The zero-order valence-corrected chi connectivity index (χ0v) is 14.9. The molecule has 3 rings (SSSR count). The summed E-state index contributed by atoms with van der Waals surface area (Å²) in [5.74, 6) is 0.300. The normalized spacial score (nSPS) is 20.9. The lowest BCUT2D eigenvalue weighted by atomic mass is 9.94. The maximum Gasteiger partial charge on any atom is 0.252 e. The highest BCUT2D eigenvalue weighted by atomic mass is 32.1. The second kappa shape index (κ2) is 6.45. The Morgan fingerprint density at radius 2 is 2.22 bits per heavy atom. The number of aryl methyl sites for hydroxylation is 3. The predicted octanol–water partition coefficient (Wildman–Crippen LogP) is 2.91. The highest BCUT2D eigenvalue weighted by molar-refractivity contribution is 7.08. The first-order chi connectivity index (χ1) is 11.0. The largest absolute Gasteiger partial charge is 0.373 e. The number of aromatic nitrogens is 2. The lowest BCUT2D eigenvalue weighted by Gasteiger charge is -2.20. The molecule has 23 heavy (non-hydrogen) atoms. The van der Waals surface area contributed by atoms with Crippen molar-refractivity contribution in [2.24, 2.45) is 13.0 Å². The molecule has 3 heterocycles. The van der Waals surface area contributed by atoms with Crippen LogP contribution in [0.25, 0.3) is 0 Å². The Labute approximate surface area is 140 Å². The van der Waals surface area contributed by atoms with E-state index in [1.807, 2.05) is 36.3 Å². The van der Waals surface area contributed by atoms with Crippen molar-refractivity contribution in [3.05, 3.63) is 38.8 Å². The van der Waals surface area contributed by atoms with Crippen molar-refractivity contribution in [2.75, 3.05) is 13.2 Å². The molecule has 1 fully saturated rings. The SMILES string of the molecule is Cc1cscc1C(=O)NC[C@@H]1CCO[C@H]1c1c(C)nn(C)c1C. The molecular formula is C17H23N3O2S. The van der Waals surface area contributed by atoms with Crippen molar-refractivity contribution in [2.45, 2.75) is 33.3 Å². The van der Waals surface area contributed by atoms with Gasteiger partial charge in [-0.05, 0) is 38.1 Å². The zero-order chi connectivity index (χ0) is 16.6. The van der Waals surface area contributed by atoms with Gasteiger partial charge >= 0.3 is 0 Å². The Hall–Kier alpha value is -1.66. The highest BCUT2D eigenvalue weighted by Crippen LogP contribution is 2.37. The fraction of sp³-hybridized carbons (Fsp3) is 0.529. The Kier molecular flexibility index (Phi) is 4.55. The molecule has 2 aromatic heterocycles. The van der Waals surface area contributed by atoms with E-state index >= 15 is 0 Å². The first kappa shape index (κ1) is 16.2. The number of nitrogens with one attached hydrogen (secondary N) is 1. The summed E-state index contributed by atoms with van der Waals surface area (Å²) in [5, 5.41) is 11.5. The summed E-state index contributed by atoms with van der Waals surface area (Å²) in [6.07, 6.45) is 0.981. The molecule has 0 aromatic carbocycles. The molecule has 5 nitrogen and oxygen atoms in total. The Morgan fingerprint density at radius 3 is 2.83 bits per heavy atom. The number of carbonyl (C=O) groups excluding carboxylic acids is 1. The van der Waals surface area contributed by atoms with Crippen LogP contribution >= 0.6 is 11.3 Å². The van der Waals surface area contributed by atoms with Gasteiger partial charge < -0.3 is 10.1 Å². The van der Waals surface area contributed by atoms with Gasteiger partial charge in [0.2, 0.25) is 0 Å². The van der Waals surface area contributed by atoms with Crippen LogP contribution in [0, 0.1) is 26.7 Å². The van der Waals surface area contributed by atoms with Gasteiger partial charge in [0.05, 0.1) is 17.4 Å². The minimum atomic E-state index is 0.00836. The molecule has 1 N–H and O–H groups in total. The summed E-state index contributed by atoms with van der Waals surface area (Å²) in [7, 11) is 1.96. The quantitative estimate of drug-likeness (QED) is 0.936. The molecule has 2 atom stereocenters. The fourth-order valence-corrected chi connectivity index (χ4v) is 4.10. The Bertz CT molecular complexity index is 719. The van der Waals surface area contributed by atoms with Gasteiger partial charge in [-0.1, -0.05) is 0 Å². The third-order valence-corrected chi connectivity index (χ3v) is 5.55. The summed E-state index contributed by atoms with van der Waals surface area (Å²) in [6, 6.07) is 0. The van der Waals surface area contributed by atoms with Gasteiger partial charge in [-0.2, -0.15) is 16.4 Å². The second-order valence-electron chi connectivity index (χ2n) is 6.23. The zero-order valence-electron chi connectivity index (χ0n) is 14.0. The molecule has 1 amide bonds. The number of ether oxygens (including phenoxy) is 1. The first-order valence-electron chi connectivity index (χ1n) is 7.91. The highest BCUT2D eigenvalue weighted by Gasteiger charge is 2.33. The van der Waals surface area contributed by atoms with E-state index in [0.717, 1.165) is 35.5 Å². The van der Waals surface area contributed by atoms with E-state index in [4.69, 9.17) is 4.74 Å². The van der Waals surface area contributed by atoms with Crippen LogP contribution < -0.4 is 5.32 Å². The fourth-order valence-electron chi connectivity index (χ4n) is 3.28. The molecule has 6 heteroatoms. The Morgan fingerprint density at radius 1 is 1.43 bits per heavy atom. The first-order valence-corrected chi connectivity index (χ1v) is 8.86. The smallest absolute Gasteiger partial charge is 0.252 e. The molecule has 0 bridgehead atoms. The minimum Gasteiger partial charge on any atom is -0.373 e. The molecule has 0 unspecified atom stereocenters. The molecule has 1 saturated heterocycles. The van der Waals surface area contributed by atoms with Crippen LogP contribution in [-0.2, 0) is 11.8 Å². The van der Waals surface area contributed by atoms with Gasteiger partial charge in [0.25, 0.3) is 5.91 Å². The minimum absolute atomic E-state index is 0.00836. The molecular weight excluding hydrogens is 310 g/mol. The summed E-state index contributed by atoms with van der Waals surface area (Å²) in [4.78, 5) is 12.3. The van der Waals surface area contributed by atoms with Gasteiger partial charge in [-0.25, -0.2) is 0 Å². The van der Waals surface area contributed by atoms with Crippen LogP contribution in [0.15, 0.2) is 10.8 Å². The van der Waals surface area contributed by atoms with Gasteiger partial charge in [0, 0.05) is 42.8 Å². The maximum absolute atomic E-state index is 12.3. The average Bonchev–Trinajstić information content (AvgIpc) is 3.18. The van der Waals surface area contributed by atoms with E-state index in [1.54, 1.807) is 11.3 Å². The molecule has 1 aliphatic heterocycles. The van der Waals surface area contributed by atoms with E-state index in [2.05, 4.69) is 17.3 Å². The van der Waals surface area contributed by atoms with E-state index < -0.39 is 0 Å². The van der Waals surface area contributed by atoms with E-state index in [0.29, 0.717) is 12.5 Å². The van der Waals surface area contributed by atoms with Crippen molar-refractivity contribution in [1.29, 1.82) is 0 Å². The topological polar surface area (TPSA) is 56.1 Å². The predicted molar refractivity (Wildman–Crippen MR) is 90.9 cm³/mol. The summed E-state index contributed by atoms with van der Waals surface area (Å²) >= 11 is 1.56. The monoisotopic (exact) mass is 333 g/mol. The van der Waals surface area contributed by atoms with Crippen LogP contribution in [-0.4, -0.2) is 28.8 Å². The number of hydrogen-bond donors (Lipinski definition) is 1. The summed E-state index contributed by atoms with van der Waals surface area (Å²) < 4.78 is 7.87. The third kappa shape index (κ3) is 3.05. The number of thiophene rings is 1. The standard InChI is InChI=1S/C17H23N3O2S/c1-10-8-23-9-14(10)17(21)18-7-13-5-6-22-16(13)15-11(2)19-20(4)12(15)3/h8-9,13,16H,5-7H2,1-4H3,(H,18,21)/t13-,16+/m0/s1. The van der Waals surface area contributed by atoms with Crippen molar-refractivity contribution < 1.29 is 9.53 Å². The van der Waals surface area contributed by atoms with Gasteiger partial charge in [-0.15, -0.1) is 0 Å². The molecule has 124 valence electrons. The van der Waals surface area contributed by atoms with Crippen molar-refractivity contribution >= 4 is 17.2 Å².